The third-order valence-corrected chi connectivity index (χ3v) is 4.63. The Labute approximate surface area is 102 Å². The molecular formula is C13H22N2S. The molecule has 0 amide bonds. The summed E-state index contributed by atoms with van der Waals surface area (Å²) in [5.41, 5.74) is 0. The molecule has 1 saturated carbocycles. The number of nitrogens with zero attached hydrogens (tertiary/aromatic N) is 1. The van der Waals surface area contributed by atoms with Crippen LogP contribution < -0.4 is 5.32 Å². The molecule has 2 nitrogen and oxygen atoms in total. The van der Waals surface area contributed by atoms with Crippen LogP contribution in [-0.4, -0.2) is 11.0 Å². The molecule has 0 saturated heterocycles. The number of hydrogen-bond acceptors (Lipinski definition) is 3. The zero-order valence-corrected chi connectivity index (χ0v) is 11.1. The van der Waals surface area contributed by atoms with Gasteiger partial charge in [0.25, 0.3) is 0 Å². The lowest BCUT2D eigenvalue weighted by atomic mass is 9.87. The average molecular weight is 238 g/mol. The van der Waals surface area contributed by atoms with Crippen molar-refractivity contribution in [3.8, 4) is 0 Å². The van der Waals surface area contributed by atoms with E-state index in [1.165, 1.54) is 35.6 Å². The molecule has 1 aliphatic rings. The van der Waals surface area contributed by atoms with E-state index in [0.717, 1.165) is 24.9 Å². The Balaban J connectivity index is 1.74. The normalized spacial score (nSPS) is 25.9. The first-order chi connectivity index (χ1) is 7.78. The molecule has 0 atom stereocenters. The lowest BCUT2D eigenvalue weighted by Gasteiger charge is -2.26. The molecular weight excluding hydrogens is 216 g/mol. The maximum absolute atomic E-state index is 4.39. The highest BCUT2D eigenvalue weighted by Crippen LogP contribution is 2.24. The number of aryl methyl sites for hydroxylation is 1. The summed E-state index contributed by atoms with van der Waals surface area (Å²) >= 11 is 1.85. The Bertz CT molecular complexity index is 313. The van der Waals surface area contributed by atoms with Crippen LogP contribution in [0.1, 0.15) is 49.4 Å². The van der Waals surface area contributed by atoms with Gasteiger partial charge < -0.3 is 5.32 Å². The molecule has 0 spiro atoms. The van der Waals surface area contributed by atoms with Gasteiger partial charge in [0.2, 0.25) is 0 Å². The van der Waals surface area contributed by atoms with Gasteiger partial charge in [0, 0.05) is 23.7 Å². The second-order valence-electron chi connectivity index (χ2n) is 4.91. The highest BCUT2D eigenvalue weighted by molar-refractivity contribution is 7.11. The lowest BCUT2D eigenvalue weighted by molar-refractivity contribution is 0.307. The van der Waals surface area contributed by atoms with Gasteiger partial charge >= 0.3 is 0 Å². The average Bonchev–Trinajstić information content (AvgIpc) is 2.76. The van der Waals surface area contributed by atoms with Crippen molar-refractivity contribution in [2.45, 2.75) is 58.5 Å². The highest BCUT2D eigenvalue weighted by atomic mass is 32.1. The fourth-order valence-electron chi connectivity index (χ4n) is 2.30. The van der Waals surface area contributed by atoms with E-state index < -0.39 is 0 Å². The van der Waals surface area contributed by atoms with Crippen molar-refractivity contribution in [1.82, 2.24) is 10.3 Å². The molecule has 0 bridgehead atoms. The predicted molar refractivity (Wildman–Crippen MR) is 69.8 cm³/mol. The molecule has 0 aliphatic heterocycles. The molecule has 1 N–H and O–H groups in total. The first-order valence-corrected chi connectivity index (χ1v) is 7.26. The molecule has 1 aromatic heterocycles. The fraction of sp³-hybridized carbons (Fsp3) is 0.769. The van der Waals surface area contributed by atoms with Crippen molar-refractivity contribution in [2.75, 3.05) is 0 Å². The first-order valence-electron chi connectivity index (χ1n) is 6.45. The van der Waals surface area contributed by atoms with Gasteiger partial charge in [-0.05, 0) is 38.0 Å². The summed E-state index contributed by atoms with van der Waals surface area (Å²) in [5.74, 6) is 0.938. The second kappa shape index (κ2) is 5.78. The van der Waals surface area contributed by atoms with Crippen LogP contribution in [0.3, 0.4) is 0 Å². The number of rotatable bonds is 4. The number of nitrogens with one attached hydrogen (secondary N) is 1. The Morgan fingerprint density at radius 2 is 2.12 bits per heavy atom. The van der Waals surface area contributed by atoms with Gasteiger partial charge in [-0.15, -0.1) is 11.3 Å². The monoisotopic (exact) mass is 238 g/mol. The standard InChI is InChI=1S/C13H22N2S/c1-3-13-15-9-12(16-13)8-14-11-6-4-10(2)5-7-11/h9-11,14H,3-8H2,1-2H3. The molecule has 3 heteroatoms. The van der Waals surface area contributed by atoms with Crippen molar-refractivity contribution in [2.24, 2.45) is 5.92 Å². The van der Waals surface area contributed by atoms with Crippen molar-refractivity contribution < 1.29 is 0 Å². The van der Waals surface area contributed by atoms with E-state index in [2.05, 4.69) is 24.1 Å². The van der Waals surface area contributed by atoms with Crippen LogP contribution in [0.25, 0.3) is 0 Å². The quantitative estimate of drug-likeness (QED) is 0.870. The van der Waals surface area contributed by atoms with E-state index in [1.54, 1.807) is 0 Å². The number of aromatic nitrogens is 1. The van der Waals surface area contributed by atoms with Crippen molar-refractivity contribution in [1.29, 1.82) is 0 Å². The summed E-state index contributed by atoms with van der Waals surface area (Å²) in [6, 6.07) is 0.739. The first kappa shape index (κ1) is 12.1. The van der Waals surface area contributed by atoms with Gasteiger partial charge in [0.1, 0.15) is 0 Å². The van der Waals surface area contributed by atoms with Gasteiger partial charge in [-0.25, -0.2) is 4.98 Å². The fourth-order valence-corrected chi connectivity index (χ4v) is 3.12. The van der Waals surface area contributed by atoms with Gasteiger partial charge in [-0.2, -0.15) is 0 Å². The van der Waals surface area contributed by atoms with Crippen LogP contribution in [0.4, 0.5) is 0 Å². The summed E-state index contributed by atoms with van der Waals surface area (Å²) in [6.07, 6.45) is 8.57. The molecule has 1 heterocycles. The minimum Gasteiger partial charge on any atom is -0.309 e. The SMILES string of the molecule is CCc1ncc(CNC2CCC(C)CC2)s1. The zero-order chi connectivity index (χ0) is 11.4. The summed E-state index contributed by atoms with van der Waals surface area (Å²) < 4.78 is 0. The smallest absolute Gasteiger partial charge is 0.0925 e. The maximum atomic E-state index is 4.39. The topological polar surface area (TPSA) is 24.9 Å². The molecule has 1 aliphatic carbocycles. The second-order valence-corrected chi connectivity index (χ2v) is 6.11. The molecule has 0 unspecified atom stereocenters. The third kappa shape index (κ3) is 3.29. The van der Waals surface area contributed by atoms with Crippen molar-refractivity contribution >= 4 is 11.3 Å². The van der Waals surface area contributed by atoms with E-state index in [0.29, 0.717) is 0 Å². The largest absolute Gasteiger partial charge is 0.309 e. The number of hydrogen-bond donors (Lipinski definition) is 1. The van der Waals surface area contributed by atoms with Gasteiger partial charge in [-0.1, -0.05) is 13.8 Å². The Kier molecular flexibility index (Phi) is 4.36. The Morgan fingerprint density at radius 3 is 2.75 bits per heavy atom. The van der Waals surface area contributed by atoms with E-state index in [4.69, 9.17) is 0 Å². The molecule has 2 rings (SSSR count). The van der Waals surface area contributed by atoms with E-state index in [9.17, 15) is 0 Å². The summed E-state index contributed by atoms with van der Waals surface area (Å²) in [7, 11) is 0. The molecule has 1 aromatic rings. The summed E-state index contributed by atoms with van der Waals surface area (Å²) in [4.78, 5) is 5.77. The van der Waals surface area contributed by atoms with Crippen LogP contribution in [0.5, 0.6) is 0 Å². The summed E-state index contributed by atoms with van der Waals surface area (Å²) in [5, 5.41) is 4.92. The lowest BCUT2D eigenvalue weighted by Crippen LogP contribution is -2.31. The summed E-state index contributed by atoms with van der Waals surface area (Å²) in [6.45, 7) is 5.54. The molecule has 90 valence electrons. The van der Waals surface area contributed by atoms with Gasteiger partial charge in [0.05, 0.1) is 5.01 Å². The van der Waals surface area contributed by atoms with E-state index in [-0.39, 0.29) is 0 Å². The van der Waals surface area contributed by atoms with Crippen molar-refractivity contribution in [3.05, 3.63) is 16.1 Å². The minimum atomic E-state index is 0.739. The van der Waals surface area contributed by atoms with Crippen LogP contribution in [0.2, 0.25) is 0 Å². The van der Waals surface area contributed by atoms with Crippen molar-refractivity contribution in [3.63, 3.8) is 0 Å². The zero-order valence-electron chi connectivity index (χ0n) is 10.3. The minimum absolute atomic E-state index is 0.739. The maximum Gasteiger partial charge on any atom is 0.0925 e. The van der Waals surface area contributed by atoms with E-state index in [1.807, 2.05) is 17.5 Å². The van der Waals surface area contributed by atoms with E-state index >= 15 is 0 Å². The number of thiazole rings is 1. The van der Waals surface area contributed by atoms with Gasteiger partial charge in [0.15, 0.2) is 0 Å². The molecule has 0 radical (unpaired) electrons. The van der Waals surface area contributed by atoms with Crippen LogP contribution in [0, 0.1) is 5.92 Å². The molecule has 0 aromatic carbocycles. The molecule has 16 heavy (non-hydrogen) atoms. The van der Waals surface area contributed by atoms with Crippen LogP contribution in [0.15, 0.2) is 6.20 Å². The Morgan fingerprint density at radius 1 is 1.38 bits per heavy atom. The third-order valence-electron chi connectivity index (χ3n) is 3.48. The van der Waals surface area contributed by atoms with Crippen LogP contribution in [-0.2, 0) is 13.0 Å². The van der Waals surface area contributed by atoms with Crippen LogP contribution >= 0.6 is 11.3 Å². The predicted octanol–water partition coefficient (Wildman–Crippen LogP) is 3.37. The Hall–Kier alpha value is -0.410. The van der Waals surface area contributed by atoms with Gasteiger partial charge in [-0.3, -0.25) is 0 Å². The molecule has 1 fully saturated rings. The highest BCUT2D eigenvalue weighted by Gasteiger charge is 2.17.